The maximum atomic E-state index is 12.2. The normalized spacial score (nSPS) is 20.3. The van der Waals surface area contributed by atoms with Crippen molar-refractivity contribution in [3.8, 4) is 11.1 Å². The summed E-state index contributed by atoms with van der Waals surface area (Å²) in [5.74, 6) is 0.106. The van der Waals surface area contributed by atoms with Crippen LogP contribution in [0.25, 0.3) is 11.1 Å². The summed E-state index contributed by atoms with van der Waals surface area (Å²) in [6.45, 7) is 5.40. The highest BCUT2D eigenvalue weighted by atomic mass is 16.3. The minimum atomic E-state index is -1.22. The highest BCUT2D eigenvalue weighted by molar-refractivity contribution is 5.97. The van der Waals surface area contributed by atoms with Crippen molar-refractivity contribution in [2.75, 3.05) is 5.32 Å². The van der Waals surface area contributed by atoms with Gasteiger partial charge in [0.25, 0.3) is 5.91 Å². The fourth-order valence-electron chi connectivity index (χ4n) is 3.53. The Labute approximate surface area is 140 Å². The number of nitrogens with one attached hydrogen (secondary N) is 1. The standard InChI is InChI=1S/C18H22N4O2/c1-17(2)9-14-13(10-20-22(14)11-17)12-4-7-19-15(8-12)21-16(23)18(24)5-3-6-18/h4,7-8,10,24H,3,5-6,9,11H2,1-2H3,(H,19,21,23). The van der Waals surface area contributed by atoms with Crippen LogP contribution in [0.1, 0.15) is 38.8 Å². The van der Waals surface area contributed by atoms with E-state index in [-0.39, 0.29) is 11.3 Å². The molecule has 4 rings (SSSR count). The molecule has 24 heavy (non-hydrogen) atoms. The van der Waals surface area contributed by atoms with Crippen molar-refractivity contribution in [2.24, 2.45) is 5.41 Å². The quantitative estimate of drug-likeness (QED) is 0.907. The lowest BCUT2D eigenvalue weighted by molar-refractivity contribution is -0.142. The van der Waals surface area contributed by atoms with E-state index >= 15 is 0 Å². The van der Waals surface area contributed by atoms with Crippen LogP contribution in [0.4, 0.5) is 5.82 Å². The summed E-state index contributed by atoms with van der Waals surface area (Å²) >= 11 is 0. The van der Waals surface area contributed by atoms with E-state index in [9.17, 15) is 9.90 Å². The number of rotatable bonds is 3. The average Bonchev–Trinajstić information content (AvgIpc) is 2.99. The molecule has 1 fully saturated rings. The number of nitrogens with zero attached hydrogens (tertiary/aromatic N) is 3. The lowest BCUT2D eigenvalue weighted by atomic mass is 9.79. The predicted molar refractivity (Wildman–Crippen MR) is 90.4 cm³/mol. The van der Waals surface area contributed by atoms with Crippen molar-refractivity contribution in [1.29, 1.82) is 0 Å². The second kappa shape index (κ2) is 5.14. The summed E-state index contributed by atoms with van der Waals surface area (Å²) in [6, 6.07) is 3.78. The van der Waals surface area contributed by atoms with Crippen LogP contribution in [-0.4, -0.2) is 31.4 Å². The molecule has 3 heterocycles. The monoisotopic (exact) mass is 326 g/mol. The molecule has 2 aliphatic rings. The van der Waals surface area contributed by atoms with E-state index in [2.05, 4.69) is 33.9 Å². The topological polar surface area (TPSA) is 80.0 Å². The number of hydrogen-bond donors (Lipinski definition) is 2. The Kier molecular flexibility index (Phi) is 3.28. The van der Waals surface area contributed by atoms with Gasteiger partial charge in [0.2, 0.25) is 0 Å². The number of amides is 1. The van der Waals surface area contributed by atoms with Gasteiger partial charge in [0.05, 0.1) is 6.20 Å². The third-order valence-corrected chi connectivity index (χ3v) is 5.09. The molecule has 2 aromatic rings. The van der Waals surface area contributed by atoms with Crippen molar-refractivity contribution in [3.63, 3.8) is 0 Å². The molecule has 1 aliphatic carbocycles. The van der Waals surface area contributed by atoms with Gasteiger partial charge in [-0.3, -0.25) is 9.48 Å². The largest absolute Gasteiger partial charge is 0.380 e. The van der Waals surface area contributed by atoms with Gasteiger partial charge >= 0.3 is 0 Å². The molecule has 2 aromatic heterocycles. The molecular formula is C18H22N4O2. The summed E-state index contributed by atoms with van der Waals surface area (Å²) in [5.41, 5.74) is 2.29. The van der Waals surface area contributed by atoms with Crippen LogP contribution in [-0.2, 0) is 17.8 Å². The van der Waals surface area contributed by atoms with Crippen LogP contribution < -0.4 is 5.32 Å². The van der Waals surface area contributed by atoms with Crippen LogP contribution in [0.3, 0.4) is 0 Å². The number of aliphatic hydroxyl groups is 1. The Bertz CT molecular complexity index is 805. The zero-order chi connectivity index (χ0) is 16.9. The molecule has 0 aromatic carbocycles. The summed E-state index contributed by atoms with van der Waals surface area (Å²) in [5, 5.41) is 17.4. The Balaban J connectivity index is 1.59. The summed E-state index contributed by atoms with van der Waals surface area (Å²) in [4.78, 5) is 16.4. The zero-order valence-corrected chi connectivity index (χ0v) is 14.0. The number of hydrogen-bond acceptors (Lipinski definition) is 4. The summed E-state index contributed by atoms with van der Waals surface area (Å²) in [7, 11) is 0. The third-order valence-electron chi connectivity index (χ3n) is 5.09. The molecule has 0 atom stereocenters. The second-order valence-electron chi connectivity index (χ2n) is 7.77. The number of fused-ring (bicyclic) bond motifs is 1. The first-order valence-corrected chi connectivity index (χ1v) is 8.41. The molecular weight excluding hydrogens is 304 g/mol. The Morgan fingerprint density at radius 3 is 2.88 bits per heavy atom. The first kappa shape index (κ1) is 15.3. The van der Waals surface area contributed by atoms with Gasteiger partial charge in [-0.25, -0.2) is 4.98 Å². The maximum absolute atomic E-state index is 12.2. The fourth-order valence-corrected chi connectivity index (χ4v) is 3.53. The van der Waals surface area contributed by atoms with Gasteiger partial charge in [-0.2, -0.15) is 5.10 Å². The minimum absolute atomic E-state index is 0.218. The number of anilines is 1. The first-order valence-electron chi connectivity index (χ1n) is 8.41. The van der Waals surface area contributed by atoms with Crippen molar-refractivity contribution < 1.29 is 9.90 Å². The molecule has 6 nitrogen and oxygen atoms in total. The summed E-state index contributed by atoms with van der Waals surface area (Å²) < 4.78 is 2.06. The molecule has 126 valence electrons. The molecule has 1 amide bonds. The van der Waals surface area contributed by atoms with Crippen LogP contribution in [0.2, 0.25) is 0 Å². The number of carbonyl (C=O) groups is 1. The van der Waals surface area contributed by atoms with Crippen LogP contribution in [0.5, 0.6) is 0 Å². The van der Waals surface area contributed by atoms with E-state index < -0.39 is 5.60 Å². The lowest BCUT2D eigenvalue weighted by Crippen LogP contribution is -2.48. The van der Waals surface area contributed by atoms with Crippen molar-refractivity contribution in [1.82, 2.24) is 14.8 Å². The summed E-state index contributed by atoms with van der Waals surface area (Å²) in [6.07, 6.45) is 6.46. The molecule has 0 radical (unpaired) electrons. The molecule has 6 heteroatoms. The highest BCUT2D eigenvalue weighted by Crippen LogP contribution is 2.37. The smallest absolute Gasteiger partial charge is 0.257 e. The Morgan fingerprint density at radius 2 is 2.17 bits per heavy atom. The van der Waals surface area contributed by atoms with Gasteiger partial charge in [0, 0.05) is 24.0 Å². The van der Waals surface area contributed by atoms with Gasteiger partial charge in [-0.15, -0.1) is 0 Å². The van der Waals surface area contributed by atoms with Gasteiger partial charge in [0.1, 0.15) is 11.4 Å². The second-order valence-corrected chi connectivity index (χ2v) is 7.77. The fraction of sp³-hybridized carbons (Fsp3) is 0.500. The van der Waals surface area contributed by atoms with Crippen LogP contribution in [0.15, 0.2) is 24.5 Å². The molecule has 0 spiro atoms. The molecule has 0 bridgehead atoms. The molecule has 0 unspecified atom stereocenters. The van der Waals surface area contributed by atoms with E-state index in [0.29, 0.717) is 18.7 Å². The van der Waals surface area contributed by atoms with Gasteiger partial charge in [0.15, 0.2) is 0 Å². The molecule has 0 saturated heterocycles. The van der Waals surface area contributed by atoms with Crippen LogP contribution >= 0.6 is 0 Å². The van der Waals surface area contributed by atoms with Crippen LogP contribution in [0, 0.1) is 5.41 Å². The molecule has 1 aliphatic heterocycles. The van der Waals surface area contributed by atoms with Crippen molar-refractivity contribution in [2.45, 2.75) is 51.7 Å². The zero-order valence-electron chi connectivity index (χ0n) is 14.0. The molecule has 1 saturated carbocycles. The SMILES string of the molecule is CC1(C)Cc2c(-c3ccnc(NC(=O)C4(O)CCC4)c3)cnn2C1. The Morgan fingerprint density at radius 1 is 1.38 bits per heavy atom. The van der Waals surface area contributed by atoms with E-state index in [1.807, 2.05) is 18.3 Å². The van der Waals surface area contributed by atoms with Crippen molar-refractivity contribution in [3.05, 3.63) is 30.2 Å². The Hall–Kier alpha value is -2.21. The third kappa shape index (κ3) is 2.51. The lowest BCUT2D eigenvalue weighted by Gasteiger charge is -2.34. The number of aromatic nitrogens is 3. The van der Waals surface area contributed by atoms with E-state index in [1.165, 1.54) is 5.69 Å². The highest BCUT2D eigenvalue weighted by Gasteiger charge is 2.42. The number of pyridine rings is 1. The molecule has 2 N–H and O–H groups in total. The average molecular weight is 326 g/mol. The van der Waals surface area contributed by atoms with E-state index in [4.69, 9.17) is 0 Å². The first-order chi connectivity index (χ1) is 11.4. The maximum Gasteiger partial charge on any atom is 0.257 e. The van der Waals surface area contributed by atoms with Crippen molar-refractivity contribution >= 4 is 11.7 Å². The van der Waals surface area contributed by atoms with E-state index in [0.717, 1.165) is 30.5 Å². The predicted octanol–water partition coefficient (Wildman–Crippen LogP) is 2.38. The van der Waals surface area contributed by atoms with E-state index in [1.54, 1.807) is 6.20 Å². The van der Waals surface area contributed by atoms with Gasteiger partial charge < -0.3 is 10.4 Å². The van der Waals surface area contributed by atoms with Gasteiger partial charge in [-0.05, 0) is 48.8 Å². The number of carbonyl (C=O) groups excluding carboxylic acids is 1. The van der Waals surface area contributed by atoms with Gasteiger partial charge in [-0.1, -0.05) is 13.8 Å². The minimum Gasteiger partial charge on any atom is -0.380 e.